The first-order valence-electron chi connectivity index (χ1n) is 5.43. The van der Waals surface area contributed by atoms with Crippen molar-refractivity contribution in [1.82, 2.24) is 5.43 Å². The zero-order chi connectivity index (χ0) is 14.5. The summed E-state index contributed by atoms with van der Waals surface area (Å²) in [7, 11) is 0. The number of phenols is 1. The van der Waals surface area contributed by atoms with E-state index in [2.05, 4.69) is 10.5 Å². The van der Waals surface area contributed by atoms with Crippen LogP contribution in [0.5, 0.6) is 5.75 Å². The molecule has 0 spiro atoms. The zero-order valence-corrected chi connectivity index (χ0v) is 10.8. The average molecular weight is 291 g/mol. The summed E-state index contributed by atoms with van der Waals surface area (Å²) < 4.78 is 0. The molecule has 0 aliphatic rings. The number of thiophene rings is 1. The molecule has 1 aromatic carbocycles. The molecule has 2 rings (SSSR count). The number of carbonyl (C=O) groups excluding carboxylic acids is 1. The average Bonchev–Trinajstić information content (AvgIpc) is 2.88. The number of carbonyl (C=O) groups is 1. The Labute approximate surface area is 117 Å². The van der Waals surface area contributed by atoms with Crippen LogP contribution in [0.4, 0.5) is 5.00 Å². The molecule has 7 nitrogen and oxygen atoms in total. The largest absolute Gasteiger partial charge is 0.508 e. The molecule has 0 unspecified atom stereocenters. The summed E-state index contributed by atoms with van der Waals surface area (Å²) in [5.74, 6) is -0.372. The number of rotatable bonds is 4. The highest BCUT2D eigenvalue weighted by Gasteiger charge is 2.08. The molecule has 0 bridgehead atoms. The van der Waals surface area contributed by atoms with Gasteiger partial charge in [-0.3, -0.25) is 14.9 Å². The van der Waals surface area contributed by atoms with Gasteiger partial charge in [-0.1, -0.05) is 11.3 Å². The van der Waals surface area contributed by atoms with Gasteiger partial charge in [0.15, 0.2) is 0 Å². The number of amides is 1. The van der Waals surface area contributed by atoms with Crippen molar-refractivity contribution in [2.45, 2.75) is 0 Å². The predicted molar refractivity (Wildman–Crippen MR) is 74.1 cm³/mol. The van der Waals surface area contributed by atoms with Gasteiger partial charge in [0, 0.05) is 11.6 Å². The molecule has 0 atom stereocenters. The first kappa shape index (κ1) is 13.7. The van der Waals surface area contributed by atoms with Crippen LogP contribution in [0.25, 0.3) is 0 Å². The molecule has 0 saturated carbocycles. The summed E-state index contributed by atoms with van der Waals surface area (Å²) in [5, 5.41) is 23.3. The van der Waals surface area contributed by atoms with Gasteiger partial charge < -0.3 is 5.11 Å². The summed E-state index contributed by atoms with van der Waals surface area (Å²) >= 11 is 0.958. The van der Waals surface area contributed by atoms with Crippen molar-refractivity contribution in [1.29, 1.82) is 0 Å². The number of nitro groups is 1. The fraction of sp³-hybridized carbons (Fsp3) is 0. The Balaban J connectivity index is 1.97. The van der Waals surface area contributed by atoms with Crippen molar-refractivity contribution in [3.05, 3.63) is 57.0 Å². The van der Waals surface area contributed by atoms with Crippen molar-refractivity contribution in [3.8, 4) is 5.75 Å². The van der Waals surface area contributed by atoms with E-state index in [1.165, 1.54) is 36.5 Å². The summed E-state index contributed by atoms with van der Waals surface area (Å²) in [6.45, 7) is 0. The number of hydrogen-bond acceptors (Lipinski definition) is 6. The quantitative estimate of drug-likeness (QED) is 0.511. The van der Waals surface area contributed by atoms with Gasteiger partial charge in [-0.25, -0.2) is 5.43 Å². The van der Waals surface area contributed by atoms with E-state index >= 15 is 0 Å². The Morgan fingerprint density at radius 3 is 2.60 bits per heavy atom. The summed E-state index contributed by atoms with van der Waals surface area (Å²) in [6, 6.07) is 8.60. The summed E-state index contributed by atoms with van der Waals surface area (Å²) in [6.07, 6.45) is 1.33. The highest BCUT2D eigenvalue weighted by molar-refractivity contribution is 7.16. The first-order valence-corrected chi connectivity index (χ1v) is 6.24. The van der Waals surface area contributed by atoms with E-state index in [0.29, 0.717) is 10.4 Å². The Hall–Kier alpha value is -2.74. The Morgan fingerprint density at radius 1 is 1.30 bits per heavy atom. The topological polar surface area (TPSA) is 105 Å². The second-order valence-corrected chi connectivity index (χ2v) is 4.77. The van der Waals surface area contributed by atoms with E-state index in [-0.39, 0.29) is 10.8 Å². The van der Waals surface area contributed by atoms with Crippen LogP contribution < -0.4 is 5.43 Å². The minimum absolute atomic E-state index is 0.0105. The normalized spacial score (nSPS) is 10.6. The third-order valence-corrected chi connectivity index (χ3v) is 3.25. The highest BCUT2D eigenvalue weighted by Crippen LogP contribution is 2.22. The lowest BCUT2D eigenvalue weighted by atomic mass is 10.2. The highest BCUT2D eigenvalue weighted by atomic mass is 32.1. The molecular formula is C12H9N3O4S. The molecule has 1 amide bonds. The fourth-order valence-corrected chi connectivity index (χ4v) is 2.04. The molecule has 2 N–H and O–H groups in total. The van der Waals surface area contributed by atoms with Gasteiger partial charge in [0.1, 0.15) is 5.75 Å². The number of hydrazone groups is 1. The molecule has 1 heterocycles. The van der Waals surface area contributed by atoms with Crippen LogP contribution in [-0.2, 0) is 0 Å². The third kappa shape index (κ3) is 3.39. The summed E-state index contributed by atoms with van der Waals surface area (Å²) in [5.41, 5.74) is 2.64. The Morgan fingerprint density at radius 2 is 2.00 bits per heavy atom. The number of nitrogens with one attached hydrogen (secondary N) is 1. The van der Waals surface area contributed by atoms with Gasteiger partial charge >= 0.3 is 5.00 Å². The predicted octanol–water partition coefficient (Wildman–Crippen LogP) is 2.13. The van der Waals surface area contributed by atoms with E-state index in [1.54, 1.807) is 6.07 Å². The van der Waals surface area contributed by atoms with Gasteiger partial charge in [-0.2, -0.15) is 5.10 Å². The maximum absolute atomic E-state index is 11.6. The lowest BCUT2D eigenvalue weighted by molar-refractivity contribution is -0.380. The molecular weight excluding hydrogens is 282 g/mol. The molecule has 8 heteroatoms. The Bertz CT molecular complexity index is 664. The van der Waals surface area contributed by atoms with Crippen molar-refractivity contribution in [2.75, 3.05) is 0 Å². The molecule has 2 aromatic rings. The van der Waals surface area contributed by atoms with Crippen molar-refractivity contribution in [3.63, 3.8) is 0 Å². The second kappa shape index (κ2) is 5.93. The van der Waals surface area contributed by atoms with Gasteiger partial charge in [0.2, 0.25) is 0 Å². The van der Waals surface area contributed by atoms with Crippen LogP contribution in [0.1, 0.15) is 15.2 Å². The zero-order valence-electron chi connectivity index (χ0n) is 10.0. The number of phenolic OH excluding ortho intramolecular Hbond substituents is 1. The molecule has 0 aliphatic heterocycles. The van der Waals surface area contributed by atoms with Crippen LogP contribution in [0, 0.1) is 10.1 Å². The Kier molecular flexibility index (Phi) is 4.06. The molecule has 0 saturated heterocycles. The number of nitrogens with zero attached hydrogens (tertiary/aromatic N) is 2. The second-order valence-electron chi connectivity index (χ2n) is 3.68. The minimum atomic E-state index is -0.489. The number of benzene rings is 1. The molecule has 0 aliphatic carbocycles. The number of hydrogen-bond donors (Lipinski definition) is 2. The van der Waals surface area contributed by atoms with Crippen molar-refractivity contribution < 1.29 is 14.8 Å². The SMILES string of the molecule is O=C(NN=Cc1ccc([N+](=O)[O-])s1)c1ccc(O)cc1. The minimum Gasteiger partial charge on any atom is -0.508 e. The molecule has 20 heavy (non-hydrogen) atoms. The standard InChI is InChI=1S/C12H9N3O4S/c16-9-3-1-8(2-4-9)12(17)14-13-7-10-5-6-11(20-10)15(18)19/h1-7,16H,(H,14,17). The molecule has 0 fully saturated rings. The van der Waals surface area contributed by atoms with Crippen LogP contribution >= 0.6 is 11.3 Å². The smallest absolute Gasteiger partial charge is 0.324 e. The maximum atomic E-state index is 11.6. The molecule has 0 radical (unpaired) electrons. The summed E-state index contributed by atoms with van der Waals surface area (Å²) in [4.78, 5) is 22.2. The lowest BCUT2D eigenvalue weighted by Gasteiger charge is -1.99. The van der Waals surface area contributed by atoms with E-state index in [4.69, 9.17) is 5.11 Å². The monoisotopic (exact) mass is 291 g/mol. The van der Waals surface area contributed by atoms with Crippen molar-refractivity contribution >= 4 is 28.5 Å². The van der Waals surface area contributed by atoms with Gasteiger partial charge in [0.25, 0.3) is 5.91 Å². The maximum Gasteiger partial charge on any atom is 0.324 e. The fourth-order valence-electron chi connectivity index (χ4n) is 1.34. The van der Waals surface area contributed by atoms with Gasteiger partial charge in [-0.05, 0) is 30.3 Å². The number of aromatic hydroxyl groups is 1. The van der Waals surface area contributed by atoms with Gasteiger partial charge in [0.05, 0.1) is 16.0 Å². The van der Waals surface area contributed by atoms with Crippen LogP contribution in [0.2, 0.25) is 0 Å². The van der Waals surface area contributed by atoms with Crippen molar-refractivity contribution in [2.24, 2.45) is 5.10 Å². The van der Waals surface area contributed by atoms with Gasteiger partial charge in [-0.15, -0.1) is 0 Å². The van der Waals surface area contributed by atoms with E-state index in [9.17, 15) is 14.9 Å². The lowest BCUT2D eigenvalue weighted by Crippen LogP contribution is -2.17. The van der Waals surface area contributed by atoms with E-state index in [1.807, 2.05) is 0 Å². The third-order valence-electron chi connectivity index (χ3n) is 2.28. The van der Waals surface area contributed by atoms with Crippen LogP contribution in [0.3, 0.4) is 0 Å². The van der Waals surface area contributed by atoms with E-state index < -0.39 is 10.8 Å². The first-order chi connectivity index (χ1) is 9.56. The van der Waals surface area contributed by atoms with Crippen LogP contribution in [0.15, 0.2) is 41.5 Å². The van der Waals surface area contributed by atoms with Crippen LogP contribution in [-0.4, -0.2) is 22.2 Å². The van der Waals surface area contributed by atoms with E-state index in [0.717, 1.165) is 11.3 Å². The molecule has 102 valence electrons. The molecule has 1 aromatic heterocycles.